The lowest BCUT2D eigenvalue weighted by Gasteiger charge is -1.85. The van der Waals surface area contributed by atoms with Gasteiger partial charge in [0.05, 0.1) is 16.5 Å². The Labute approximate surface area is 71.9 Å². The molecule has 0 amide bonds. The highest BCUT2D eigenvalue weighted by Gasteiger charge is 1.95. The van der Waals surface area contributed by atoms with E-state index in [4.69, 9.17) is 3.07 Å². The standard InChI is InChI=1S/C5H6INOS/c1-4-7-2-5(9-4)3-8-6/h2H,3H2,1H3. The van der Waals surface area contributed by atoms with Crippen LogP contribution in [0.25, 0.3) is 0 Å². The molecular formula is C5H6INOS. The molecule has 0 spiro atoms. The molecule has 0 aliphatic heterocycles. The number of nitrogens with zero attached hydrogens (tertiary/aromatic N) is 1. The molecule has 0 aromatic carbocycles. The first kappa shape index (κ1) is 7.43. The van der Waals surface area contributed by atoms with Gasteiger partial charge >= 0.3 is 0 Å². The highest BCUT2D eigenvalue weighted by Crippen LogP contribution is 2.13. The molecule has 4 heteroatoms. The van der Waals surface area contributed by atoms with Gasteiger partial charge in [-0.25, -0.2) is 4.98 Å². The minimum atomic E-state index is 0.673. The van der Waals surface area contributed by atoms with Crippen molar-refractivity contribution in [1.82, 2.24) is 4.98 Å². The maximum absolute atomic E-state index is 4.88. The predicted octanol–water partition coefficient (Wildman–Crippen LogP) is 2.32. The second-order valence-corrected chi connectivity index (χ2v) is 3.54. The van der Waals surface area contributed by atoms with Crippen LogP contribution in [-0.4, -0.2) is 4.98 Å². The number of hydrogen-bond donors (Lipinski definition) is 0. The Morgan fingerprint density at radius 3 is 3.11 bits per heavy atom. The molecule has 0 saturated heterocycles. The fourth-order valence-corrected chi connectivity index (χ4v) is 1.78. The molecule has 0 aliphatic rings. The van der Waals surface area contributed by atoms with Crippen LogP contribution in [0.5, 0.6) is 0 Å². The topological polar surface area (TPSA) is 22.1 Å². The van der Waals surface area contributed by atoms with Gasteiger partial charge in [-0.15, -0.1) is 11.3 Å². The highest BCUT2D eigenvalue weighted by molar-refractivity contribution is 14.1. The summed E-state index contributed by atoms with van der Waals surface area (Å²) in [5.41, 5.74) is 0. The first-order chi connectivity index (χ1) is 4.33. The summed E-state index contributed by atoms with van der Waals surface area (Å²) < 4.78 is 4.88. The molecule has 0 radical (unpaired) electrons. The Balaban J connectivity index is 2.61. The molecule has 0 bridgehead atoms. The van der Waals surface area contributed by atoms with E-state index < -0.39 is 0 Å². The van der Waals surface area contributed by atoms with Crippen LogP contribution in [0.2, 0.25) is 0 Å². The average Bonchev–Trinajstić information content (AvgIpc) is 2.17. The molecule has 9 heavy (non-hydrogen) atoms. The summed E-state index contributed by atoms with van der Waals surface area (Å²) in [5, 5.41) is 1.10. The summed E-state index contributed by atoms with van der Waals surface area (Å²) in [6, 6.07) is 0. The van der Waals surface area contributed by atoms with Crippen LogP contribution < -0.4 is 0 Å². The minimum Gasteiger partial charge on any atom is -0.310 e. The normalized spacial score (nSPS) is 10.0. The van der Waals surface area contributed by atoms with Crippen molar-refractivity contribution in [3.63, 3.8) is 0 Å². The summed E-state index contributed by atoms with van der Waals surface area (Å²) in [4.78, 5) is 5.25. The Morgan fingerprint density at radius 2 is 2.67 bits per heavy atom. The van der Waals surface area contributed by atoms with Crippen LogP contribution in [0.4, 0.5) is 0 Å². The van der Waals surface area contributed by atoms with Gasteiger partial charge in [-0.05, 0) is 6.92 Å². The minimum absolute atomic E-state index is 0.673. The molecule has 0 aliphatic carbocycles. The van der Waals surface area contributed by atoms with E-state index in [1.807, 2.05) is 36.1 Å². The van der Waals surface area contributed by atoms with E-state index in [0.29, 0.717) is 6.61 Å². The number of aryl methyl sites for hydroxylation is 1. The van der Waals surface area contributed by atoms with Gasteiger partial charge in [0.25, 0.3) is 0 Å². The summed E-state index contributed by atoms with van der Waals surface area (Å²) in [7, 11) is 0. The van der Waals surface area contributed by atoms with Crippen LogP contribution in [0, 0.1) is 6.92 Å². The molecule has 0 atom stereocenters. The zero-order chi connectivity index (χ0) is 6.69. The summed E-state index contributed by atoms with van der Waals surface area (Å²) >= 11 is 3.55. The van der Waals surface area contributed by atoms with Crippen molar-refractivity contribution in [2.24, 2.45) is 0 Å². The molecule has 2 nitrogen and oxygen atoms in total. The van der Waals surface area contributed by atoms with E-state index in [1.54, 1.807) is 11.3 Å². The monoisotopic (exact) mass is 255 g/mol. The molecule has 0 N–H and O–H groups in total. The highest BCUT2D eigenvalue weighted by atomic mass is 127. The zero-order valence-electron chi connectivity index (χ0n) is 4.93. The van der Waals surface area contributed by atoms with E-state index in [2.05, 4.69) is 4.98 Å². The Bertz CT molecular complexity index is 189. The number of hydrogen-bond acceptors (Lipinski definition) is 3. The van der Waals surface area contributed by atoms with Gasteiger partial charge in [0, 0.05) is 6.20 Å². The van der Waals surface area contributed by atoms with E-state index in [0.717, 1.165) is 5.01 Å². The first-order valence-electron chi connectivity index (χ1n) is 2.48. The fraction of sp³-hybridized carbons (Fsp3) is 0.400. The van der Waals surface area contributed by atoms with E-state index >= 15 is 0 Å². The van der Waals surface area contributed by atoms with Crippen LogP contribution in [0.3, 0.4) is 0 Å². The summed E-state index contributed by atoms with van der Waals surface area (Å²) in [5.74, 6) is 0. The van der Waals surface area contributed by atoms with Crippen LogP contribution in [0.15, 0.2) is 6.20 Å². The van der Waals surface area contributed by atoms with Gasteiger partial charge in [-0.2, -0.15) is 0 Å². The maximum atomic E-state index is 4.88. The molecule has 0 saturated carbocycles. The van der Waals surface area contributed by atoms with E-state index in [9.17, 15) is 0 Å². The molecule has 1 aromatic heterocycles. The quantitative estimate of drug-likeness (QED) is 0.756. The molecule has 1 heterocycles. The number of thiazole rings is 1. The van der Waals surface area contributed by atoms with Gasteiger partial charge in [-0.1, -0.05) is 0 Å². The second-order valence-electron chi connectivity index (χ2n) is 1.60. The number of halogens is 1. The predicted molar refractivity (Wildman–Crippen MR) is 45.7 cm³/mol. The number of rotatable bonds is 2. The fourth-order valence-electron chi connectivity index (χ4n) is 0.526. The smallest absolute Gasteiger partial charge is 0.110 e. The average molecular weight is 255 g/mol. The lowest BCUT2D eigenvalue weighted by atomic mass is 10.6. The Morgan fingerprint density at radius 1 is 1.89 bits per heavy atom. The van der Waals surface area contributed by atoms with Crippen molar-refractivity contribution < 1.29 is 3.07 Å². The number of aromatic nitrogens is 1. The van der Waals surface area contributed by atoms with Crippen molar-refractivity contribution >= 4 is 34.3 Å². The third-order valence-corrected chi connectivity index (χ3v) is 2.06. The zero-order valence-corrected chi connectivity index (χ0v) is 7.90. The third kappa shape index (κ3) is 2.19. The summed E-state index contributed by atoms with van der Waals surface area (Å²) in [6.45, 7) is 2.66. The van der Waals surface area contributed by atoms with Crippen molar-refractivity contribution in [1.29, 1.82) is 0 Å². The lowest BCUT2D eigenvalue weighted by molar-refractivity contribution is 0.423. The lowest BCUT2D eigenvalue weighted by Crippen LogP contribution is -1.73. The van der Waals surface area contributed by atoms with Crippen molar-refractivity contribution in [2.45, 2.75) is 13.5 Å². The second kappa shape index (κ2) is 3.48. The third-order valence-electron chi connectivity index (χ3n) is 0.866. The Kier molecular flexibility index (Phi) is 2.87. The van der Waals surface area contributed by atoms with Gasteiger partial charge < -0.3 is 3.07 Å². The summed E-state index contributed by atoms with van der Waals surface area (Å²) in [6.07, 6.45) is 1.85. The van der Waals surface area contributed by atoms with Gasteiger partial charge in [0.15, 0.2) is 0 Å². The van der Waals surface area contributed by atoms with E-state index in [1.165, 1.54) is 4.88 Å². The van der Waals surface area contributed by atoms with Crippen LogP contribution >= 0.6 is 34.3 Å². The Hall–Kier alpha value is 0.320. The van der Waals surface area contributed by atoms with Gasteiger partial charge in [0.1, 0.15) is 23.0 Å². The largest absolute Gasteiger partial charge is 0.310 e. The van der Waals surface area contributed by atoms with Gasteiger partial charge in [0.2, 0.25) is 0 Å². The van der Waals surface area contributed by atoms with Crippen molar-refractivity contribution in [2.75, 3.05) is 0 Å². The SMILES string of the molecule is Cc1ncc(COI)s1. The van der Waals surface area contributed by atoms with Gasteiger partial charge in [-0.3, -0.25) is 0 Å². The molecule has 1 aromatic rings. The molecule has 1 rings (SSSR count). The van der Waals surface area contributed by atoms with Crippen molar-refractivity contribution in [3.05, 3.63) is 16.1 Å². The molecular weight excluding hydrogens is 249 g/mol. The van der Waals surface area contributed by atoms with Crippen molar-refractivity contribution in [3.8, 4) is 0 Å². The van der Waals surface area contributed by atoms with E-state index in [-0.39, 0.29) is 0 Å². The maximum Gasteiger partial charge on any atom is 0.110 e. The molecule has 50 valence electrons. The molecule has 0 fully saturated rings. The molecule has 0 unspecified atom stereocenters. The van der Waals surface area contributed by atoms with Crippen LogP contribution in [-0.2, 0) is 9.67 Å². The first-order valence-corrected chi connectivity index (χ1v) is 4.17. The van der Waals surface area contributed by atoms with Crippen LogP contribution in [0.1, 0.15) is 9.88 Å².